The highest BCUT2D eigenvalue weighted by Crippen LogP contribution is 2.38. The van der Waals surface area contributed by atoms with Gasteiger partial charge in [-0.2, -0.15) is 5.10 Å². The summed E-state index contributed by atoms with van der Waals surface area (Å²) in [6.07, 6.45) is 11.6. The van der Waals surface area contributed by atoms with E-state index in [4.69, 9.17) is 10.1 Å². The summed E-state index contributed by atoms with van der Waals surface area (Å²) in [6, 6.07) is 13.7. The molecule has 2 aliphatic rings. The van der Waals surface area contributed by atoms with E-state index in [-0.39, 0.29) is 5.82 Å². The minimum Gasteiger partial charge on any atom is -0.367 e. The average molecular weight is 471 g/mol. The summed E-state index contributed by atoms with van der Waals surface area (Å²) in [7, 11) is 0. The van der Waals surface area contributed by atoms with E-state index in [2.05, 4.69) is 33.8 Å². The fourth-order valence-electron chi connectivity index (χ4n) is 5.52. The Kier molecular flexibility index (Phi) is 5.84. The van der Waals surface area contributed by atoms with Crippen molar-refractivity contribution in [2.24, 2.45) is 0 Å². The van der Waals surface area contributed by atoms with Crippen LogP contribution in [0.15, 0.2) is 48.7 Å². The Labute approximate surface area is 205 Å². The lowest BCUT2D eigenvalue weighted by Crippen LogP contribution is -2.17. The zero-order valence-corrected chi connectivity index (χ0v) is 20.1. The van der Waals surface area contributed by atoms with Crippen molar-refractivity contribution in [3.05, 3.63) is 60.0 Å². The van der Waals surface area contributed by atoms with E-state index in [1.807, 2.05) is 17.6 Å². The first-order chi connectivity index (χ1) is 17.2. The van der Waals surface area contributed by atoms with Crippen LogP contribution in [-0.4, -0.2) is 31.7 Å². The van der Waals surface area contributed by atoms with Gasteiger partial charge in [0.05, 0.1) is 16.8 Å². The van der Waals surface area contributed by atoms with E-state index in [0.29, 0.717) is 18.0 Å². The van der Waals surface area contributed by atoms with E-state index < -0.39 is 0 Å². The van der Waals surface area contributed by atoms with Crippen molar-refractivity contribution >= 4 is 17.3 Å². The van der Waals surface area contributed by atoms with Crippen LogP contribution in [0.2, 0.25) is 0 Å². The maximum atomic E-state index is 13.8. The van der Waals surface area contributed by atoms with Gasteiger partial charge < -0.3 is 10.6 Å². The number of halogens is 1. The zero-order valence-electron chi connectivity index (χ0n) is 20.1. The van der Waals surface area contributed by atoms with Crippen LogP contribution in [0, 0.1) is 12.7 Å². The quantitative estimate of drug-likeness (QED) is 0.332. The Morgan fingerprint density at radius 2 is 1.54 bits per heavy atom. The monoisotopic (exact) mass is 470 g/mol. The van der Waals surface area contributed by atoms with Crippen LogP contribution in [0.4, 0.5) is 16.2 Å². The molecule has 35 heavy (non-hydrogen) atoms. The van der Waals surface area contributed by atoms with Crippen molar-refractivity contribution in [2.45, 2.75) is 70.4 Å². The third-order valence-electron chi connectivity index (χ3n) is 7.38. The standard InChI is InChI=1S/C28H31FN6/c1-18-17-30-28(32-22-9-4-5-10-22)33-26(18)25-23-11-6-12-24(31-21-7-2-3-8-21)35(23)34-27(25)19-13-15-20(29)16-14-19/h6,11-17,21-22,31H,2-5,7-10H2,1H3,(H,30,32,33). The number of nitrogens with one attached hydrogen (secondary N) is 2. The van der Waals surface area contributed by atoms with Crippen molar-refractivity contribution in [1.82, 2.24) is 19.6 Å². The average Bonchev–Trinajstić information content (AvgIpc) is 3.63. The van der Waals surface area contributed by atoms with Crippen LogP contribution in [0.3, 0.4) is 0 Å². The highest BCUT2D eigenvalue weighted by Gasteiger charge is 2.23. The van der Waals surface area contributed by atoms with Gasteiger partial charge in [0, 0.05) is 23.8 Å². The molecule has 0 bridgehead atoms. The van der Waals surface area contributed by atoms with E-state index in [1.54, 1.807) is 12.1 Å². The van der Waals surface area contributed by atoms with Gasteiger partial charge in [0.25, 0.3) is 0 Å². The molecule has 2 saturated carbocycles. The minimum absolute atomic E-state index is 0.260. The number of benzene rings is 1. The van der Waals surface area contributed by atoms with Crippen LogP contribution < -0.4 is 10.6 Å². The molecule has 6 nitrogen and oxygen atoms in total. The summed E-state index contributed by atoms with van der Waals surface area (Å²) in [5.41, 5.74) is 5.41. The molecule has 2 fully saturated rings. The first-order valence-corrected chi connectivity index (χ1v) is 12.8. The number of hydrogen-bond donors (Lipinski definition) is 2. The molecule has 6 rings (SSSR count). The predicted octanol–water partition coefficient (Wildman–Crippen LogP) is 6.61. The highest BCUT2D eigenvalue weighted by molar-refractivity contribution is 5.92. The Hall–Kier alpha value is -3.48. The number of rotatable bonds is 6. The van der Waals surface area contributed by atoms with E-state index in [9.17, 15) is 4.39 Å². The molecule has 1 aromatic carbocycles. The normalized spacial score (nSPS) is 16.9. The molecule has 0 amide bonds. The van der Waals surface area contributed by atoms with Crippen LogP contribution in [0.25, 0.3) is 28.0 Å². The molecule has 0 unspecified atom stereocenters. The molecule has 0 radical (unpaired) electrons. The van der Waals surface area contributed by atoms with Crippen LogP contribution in [0.1, 0.15) is 56.9 Å². The van der Waals surface area contributed by atoms with Crippen LogP contribution >= 0.6 is 0 Å². The van der Waals surface area contributed by atoms with Gasteiger partial charge in [-0.15, -0.1) is 0 Å². The van der Waals surface area contributed by atoms with Crippen LogP contribution in [-0.2, 0) is 0 Å². The zero-order chi connectivity index (χ0) is 23.8. The molecule has 0 aliphatic heterocycles. The lowest BCUT2D eigenvalue weighted by molar-refractivity contribution is 0.628. The summed E-state index contributed by atoms with van der Waals surface area (Å²) in [4.78, 5) is 9.58. The van der Waals surface area contributed by atoms with Gasteiger partial charge in [0.1, 0.15) is 17.3 Å². The molecule has 3 heterocycles. The number of pyridine rings is 1. The molecule has 2 N–H and O–H groups in total. The third kappa shape index (κ3) is 4.35. The summed E-state index contributed by atoms with van der Waals surface area (Å²) in [6.45, 7) is 2.03. The molecular formula is C28H31FN6. The maximum absolute atomic E-state index is 13.8. The van der Waals surface area contributed by atoms with Crippen molar-refractivity contribution < 1.29 is 4.39 Å². The first kappa shape index (κ1) is 22.0. The molecule has 0 saturated heterocycles. The van der Waals surface area contributed by atoms with Gasteiger partial charge in [-0.3, -0.25) is 0 Å². The summed E-state index contributed by atoms with van der Waals surface area (Å²) in [5.74, 6) is 1.37. The molecule has 0 atom stereocenters. The SMILES string of the molecule is Cc1cnc(NC2CCCC2)nc1-c1c(-c2ccc(F)cc2)nn2c(NC3CCCC3)cccc12. The van der Waals surface area contributed by atoms with E-state index in [1.165, 1.54) is 50.7 Å². The summed E-state index contributed by atoms with van der Waals surface area (Å²) in [5, 5.41) is 12.3. The van der Waals surface area contributed by atoms with Gasteiger partial charge in [0.15, 0.2) is 0 Å². The molecule has 180 valence electrons. The van der Waals surface area contributed by atoms with Gasteiger partial charge in [-0.25, -0.2) is 18.9 Å². The lowest BCUT2D eigenvalue weighted by atomic mass is 10.0. The number of anilines is 2. The second-order valence-electron chi connectivity index (χ2n) is 9.92. The fraction of sp³-hybridized carbons (Fsp3) is 0.393. The van der Waals surface area contributed by atoms with E-state index in [0.717, 1.165) is 52.3 Å². The molecule has 3 aromatic heterocycles. The summed E-state index contributed by atoms with van der Waals surface area (Å²) < 4.78 is 15.8. The molecule has 4 aromatic rings. The van der Waals surface area contributed by atoms with Gasteiger partial charge in [-0.05, 0) is 74.6 Å². The van der Waals surface area contributed by atoms with E-state index >= 15 is 0 Å². The smallest absolute Gasteiger partial charge is 0.223 e. The minimum atomic E-state index is -0.260. The second-order valence-corrected chi connectivity index (χ2v) is 9.92. The Bertz CT molecular complexity index is 1330. The fourth-order valence-corrected chi connectivity index (χ4v) is 5.52. The number of nitrogens with zero attached hydrogens (tertiary/aromatic N) is 4. The Morgan fingerprint density at radius 1 is 0.857 bits per heavy atom. The second kappa shape index (κ2) is 9.29. The van der Waals surface area contributed by atoms with Crippen molar-refractivity contribution in [2.75, 3.05) is 10.6 Å². The topological polar surface area (TPSA) is 67.1 Å². The predicted molar refractivity (Wildman–Crippen MR) is 138 cm³/mol. The molecular weight excluding hydrogens is 439 g/mol. The number of hydrogen-bond acceptors (Lipinski definition) is 5. The van der Waals surface area contributed by atoms with Gasteiger partial charge >= 0.3 is 0 Å². The van der Waals surface area contributed by atoms with Gasteiger partial charge in [0.2, 0.25) is 5.95 Å². The largest absolute Gasteiger partial charge is 0.367 e. The number of aromatic nitrogens is 4. The van der Waals surface area contributed by atoms with Crippen molar-refractivity contribution in [3.8, 4) is 22.5 Å². The van der Waals surface area contributed by atoms with Crippen molar-refractivity contribution in [1.29, 1.82) is 0 Å². The molecule has 0 spiro atoms. The molecule has 7 heteroatoms. The number of fused-ring (bicyclic) bond motifs is 1. The number of aryl methyl sites for hydroxylation is 1. The lowest BCUT2D eigenvalue weighted by Gasteiger charge is -2.15. The third-order valence-corrected chi connectivity index (χ3v) is 7.38. The Balaban J connectivity index is 1.51. The molecule has 2 aliphatic carbocycles. The Morgan fingerprint density at radius 3 is 2.26 bits per heavy atom. The summed E-state index contributed by atoms with van der Waals surface area (Å²) >= 11 is 0. The maximum Gasteiger partial charge on any atom is 0.223 e. The first-order valence-electron chi connectivity index (χ1n) is 12.8. The van der Waals surface area contributed by atoms with Gasteiger partial charge in [-0.1, -0.05) is 31.7 Å². The highest BCUT2D eigenvalue weighted by atomic mass is 19.1. The van der Waals surface area contributed by atoms with Crippen molar-refractivity contribution in [3.63, 3.8) is 0 Å². The van der Waals surface area contributed by atoms with Crippen LogP contribution in [0.5, 0.6) is 0 Å².